The Kier molecular flexibility index (Phi) is 5.22. The number of carbonyl (C=O) groups is 1. The van der Waals surface area contributed by atoms with Crippen molar-refractivity contribution in [3.8, 4) is 11.5 Å². The highest BCUT2D eigenvalue weighted by atomic mass is 79.9. The maximum absolute atomic E-state index is 11.5. The molecule has 0 heterocycles. The number of aliphatic carboxylic acids is 1. The van der Waals surface area contributed by atoms with E-state index in [9.17, 15) is 9.90 Å². The zero-order valence-electron chi connectivity index (χ0n) is 12.2. The highest BCUT2D eigenvalue weighted by molar-refractivity contribution is 9.10. The van der Waals surface area contributed by atoms with Gasteiger partial charge in [-0.1, -0.05) is 18.2 Å². The number of hydrogen-bond acceptors (Lipinski definition) is 3. The van der Waals surface area contributed by atoms with Crippen LogP contribution < -0.4 is 9.47 Å². The minimum absolute atomic E-state index is 0.208. The van der Waals surface area contributed by atoms with E-state index in [1.165, 1.54) is 0 Å². The van der Waals surface area contributed by atoms with E-state index in [2.05, 4.69) is 15.9 Å². The molecule has 2 rings (SSSR count). The van der Waals surface area contributed by atoms with Crippen LogP contribution in [0.15, 0.2) is 46.9 Å². The lowest BCUT2D eigenvalue weighted by atomic mass is 10.0. The van der Waals surface area contributed by atoms with Crippen molar-refractivity contribution in [2.24, 2.45) is 0 Å². The number of ether oxygens (including phenoxy) is 2. The Morgan fingerprint density at radius 3 is 2.27 bits per heavy atom. The monoisotopic (exact) mass is 362 g/mol. The lowest BCUT2D eigenvalue weighted by molar-refractivity contribution is -0.130. The van der Waals surface area contributed by atoms with E-state index in [1.54, 1.807) is 56.7 Å². The molecule has 0 aliphatic heterocycles. The van der Waals surface area contributed by atoms with Crippen molar-refractivity contribution < 1.29 is 19.4 Å². The van der Waals surface area contributed by atoms with Gasteiger partial charge in [0.15, 0.2) is 0 Å². The van der Waals surface area contributed by atoms with Gasteiger partial charge in [0.1, 0.15) is 11.5 Å². The first kappa shape index (κ1) is 16.1. The van der Waals surface area contributed by atoms with Crippen LogP contribution in [0.4, 0.5) is 0 Å². The first-order valence-electron chi connectivity index (χ1n) is 6.48. The molecule has 4 nitrogen and oxygen atoms in total. The van der Waals surface area contributed by atoms with Gasteiger partial charge < -0.3 is 14.6 Å². The fourth-order valence-electron chi connectivity index (χ4n) is 1.98. The summed E-state index contributed by atoms with van der Waals surface area (Å²) >= 11 is 3.39. The van der Waals surface area contributed by atoms with Crippen molar-refractivity contribution >= 4 is 33.5 Å². The number of hydrogen-bond donors (Lipinski definition) is 1. The largest absolute Gasteiger partial charge is 0.497 e. The summed E-state index contributed by atoms with van der Waals surface area (Å²) in [6, 6.07) is 12.3. The van der Waals surface area contributed by atoms with Gasteiger partial charge in [-0.05, 0) is 57.4 Å². The normalized spacial score (nSPS) is 11.1. The number of benzene rings is 2. The molecule has 22 heavy (non-hydrogen) atoms. The standard InChI is InChI=1S/C17H15BrO4/c1-21-13-6-4-12(5-7-13)14(17(19)20)9-11-3-8-16(22-2)15(18)10-11/h3-10H,1-2H3,(H,19,20)/b14-9-. The number of methoxy groups -OCH3 is 2. The summed E-state index contributed by atoms with van der Waals surface area (Å²) in [6.07, 6.45) is 1.62. The molecule has 2 aromatic carbocycles. The van der Waals surface area contributed by atoms with Gasteiger partial charge in [-0.2, -0.15) is 0 Å². The molecule has 0 amide bonds. The molecule has 114 valence electrons. The second kappa shape index (κ2) is 7.13. The van der Waals surface area contributed by atoms with Gasteiger partial charge in [-0.15, -0.1) is 0 Å². The molecule has 0 saturated heterocycles. The maximum atomic E-state index is 11.5. The van der Waals surface area contributed by atoms with E-state index in [-0.39, 0.29) is 5.57 Å². The average molecular weight is 363 g/mol. The Balaban J connectivity index is 2.42. The summed E-state index contributed by atoms with van der Waals surface area (Å²) in [5.74, 6) is 0.385. The Labute approximate surface area is 137 Å². The fraction of sp³-hybridized carbons (Fsp3) is 0.118. The summed E-state index contributed by atoms with van der Waals surface area (Å²) in [6.45, 7) is 0. The summed E-state index contributed by atoms with van der Waals surface area (Å²) in [5, 5.41) is 9.45. The highest BCUT2D eigenvalue weighted by Crippen LogP contribution is 2.28. The number of rotatable bonds is 5. The third kappa shape index (κ3) is 3.68. The maximum Gasteiger partial charge on any atom is 0.336 e. The van der Waals surface area contributed by atoms with Crippen molar-refractivity contribution in [2.75, 3.05) is 14.2 Å². The van der Waals surface area contributed by atoms with Crippen molar-refractivity contribution in [1.82, 2.24) is 0 Å². The first-order chi connectivity index (χ1) is 10.5. The van der Waals surface area contributed by atoms with Crippen LogP contribution in [0.1, 0.15) is 11.1 Å². The van der Waals surface area contributed by atoms with Crippen LogP contribution >= 0.6 is 15.9 Å². The molecule has 0 bridgehead atoms. The Morgan fingerprint density at radius 1 is 1.09 bits per heavy atom. The van der Waals surface area contributed by atoms with Crippen LogP contribution in [0.5, 0.6) is 11.5 Å². The summed E-state index contributed by atoms with van der Waals surface area (Å²) < 4.78 is 11.0. The van der Waals surface area contributed by atoms with E-state index in [0.717, 1.165) is 10.0 Å². The van der Waals surface area contributed by atoms with Gasteiger partial charge in [0.05, 0.1) is 24.3 Å². The number of carboxylic acids is 1. The predicted molar refractivity (Wildman–Crippen MR) is 89.2 cm³/mol. The number of carboxylic acid groups (broad SMARTS) is 1. The Hall–Kier alpha value is -2.27. The molecule has 2 aromatic rings. The topological polar surface area (TPSA) is 55.8 Å². The van der Waals surface area contributed by atoms with Gasteiger partial charge in [0.2, 0.25) is 0 Å². The zero-order valence-corrected chi connectivity index (χ0v) is 13.8. The lowest BCUT2D eigenvalue weighted by Gasteiger charge is -2.07. The Morgan fingerprint density at radius 2 is 1.77 bits per heavy atom. The van der Waals surface area contributed by atoms with Crippen molar-refractivity contribution in [3.63, 3.8) is 0 Å². The molecular formula is C17H15BrO4. The zero-order chi connectivity index (χ0) is 16.1. The van der Waals surface area contributed by atoms with Gasteiger partial charge in [-0.25, -0.2) is 4.79 Å². The number of halogens is 1. The third-order valence-corrected chi connectivity index (χ3v) is 3.74. The van der Waals surface area contributed by atoms with Gasteiger partial charge in [0.25, 0.3) is 0 Å². The first-order valence-corrected chi connectivity index (χ1v) is 7.27. The molecule has 0 aliphatic carbocycles. The third-order valence-electron chi connectivity index (χ3n) is 3.12. The minimum Gasteiger partial charge on any atom is -0.497 e. The fourth-order valence-corrected chi connectivity index (χ4v) is 2.54. The van der Waals surface area contributed by atoms with Crippen molar-refractivity contribution in [1.29, 1.82) is 0 Å². The van der Waals surface area contributed by atoms with Crippen molar-refractivity contribution in [2.45, 2.75) is 0 Å². The van der Waals surface area contributed by atoms with Crippen LogP contribution in [0.2, 0.25) is 0 Å². The van der Waals surface area contributed by atoms with E-state index < -0.39 is 5.97 Å². The summed E-state index contributed by atoms with van der Waals surface area (Å²) in [7, 11) is 3.15. The molecule has 5 heteroatoms. The van der Waals surface area contributed by atoms with Crippen LogP contribution in [-0.4, -0.2) is 25.3 Å². The average Bonchev–Trinajstić information content (AvgIpc) is 2.52. The van der Waals surface area contributed by atoms with Crippen LogP contribution in [0.25, 0.3) is 11.6 Å². The van der Waals surface area contributed by atoms with E-state index in [1.807, 2.05) is 6.07 Å². The summed E-state index contributed by atoms with van der Waals surface area (Å²) in [5.41, 5.74) is 1.58. The molecule has 0 atom stereocenters. The van der Waals surface area contributed by atoms with E-state index >= 15 is 0 Å². The minimum atomic E-state index is -0.989. The second-order valence-electron chi connectivity index (χ2n) is 4.49. The highest BCUT2D eigenvalue weighted by Gasteiger charge is 2.11. The van der Waals surface area contributed by atoms with Crippen LogP contribution in [0, 0.1) is 0 Å². The molecule has 0 saturated carbocycles. The summed E-state index contributed by atoms with van der Waals surface area (Å²) in [4.78, 5) is 11.5. The Bertz CT molecular complexity index is 705. The molecule has 0 unspecified atom stereocenters. The molecule has 0 radical (unpaired) electrons. The molecule has 0 spiro atoms. The second-order valence-corrected chi connectivity index (χ2v) is 5.34. The molecule has 0 aliphatic rings. The predicted octanol–water partition coefficient (Wildman–Crippen LogP) is 4.09. The molecular weight excluding hydrogens is 348 g/mol. The van der Waals surface area contributed by atoms with Crippen molar-refractivity contribution in [3.05, 3.63) is 58.1 Å². The van der Waals surface area contributed by atoms with E-state index in [0.29, 0.717) is 17.1 Å². The molecule has 1 N–H and O–H groups in total. The lowest BCUT2D eigenvalue weighted by Crippen LogP contribution is -1.99. The molecule has 0 fully saturated rings. The van der Waals surface area contributed by atoms with Gasteiger partial charge in [-0.3, -0.25) is 0 Å². The quantitative estimate of drug-likeness (QED) is 0.642. The smallest absolute Gasteiger partial charge is 0.336 e. The van der Waals surface area contributed by atoms with Gasteiger partial charge >= 0.3 is 5.97 Å². The SMILES string of the molecule is COc1ccc(/C(=C/c2ccc(OC)c(Br)c2)C(=O)O)cc1. The molecule has 0 aromatic heterocycles. The van der Waals surface area contributed by atoms with Crippen LogP contribution in [-0.2, 0) is 4.79 Å². The van der Waals surface area contributed by atoms with Crippen LogP contribution in [0.3, 0.4) is 0 Å². The van der Waals surface area contributed by atoms with E-state index in [4.69, 9.17) is 9.47 Å². The van der Waals surface area contributed by atoms with Gasteiger partial charge in [0, 0.05) is 0 Å².